The molecule has 6 heteroatoms. The van der Waals surface area contributed by atoms with E-state index in [1.54, 1.807) is 13.0 Å². The molecule has 0 saturated heterocycles. The Morgan fingerprint density at radius 2 is 1.41 bits per heavy atom. The number of halogens is 6. The van der Waals surface area contributed by atoms with Crippen LogP contribution in [0, 0.1) is 6.92 Å². The second-order valence-corrected chi connectivity index (χ2v) is 7.17. The van der Waals surface area contributed by atoms with Gasteiger partial charge in [0.2, 0.25) is 0 Å². The fraction of sp³-hybridized carbons (Fsp3) is 0.429. The van der Waals surface area contributed by atoms with Crippen molar-refractivity contribution >= 4 is 0 Å². The van der Waals surface area contributed by atoms with E-state index in [0.29, 0.717) is 0 Å². The molecule has 0 N–H and O–H groups in total. The molecular weight excluding hydrogens is 366 g/mol. The lowest BCUT2D eigenvalue weighted by Gasteiger charge is -2.25. The molecular formula is C21H22F6. The van der Waals surface area contributed by atoms with E-state index in [9.17, 15) is 26.3 Å². The van der Waals surface area contributed by atoms with Gasteiger partial charge in [-0.2, -0.15) is 26.3 Å². The fourth-order valence-electron chi connectivity index (χ4n) is 3.60. The molecule has 0 fully saturated rings. The van der Waals surface area contributed by atoms with Gasteiger partial charge in [-0.1, -0.05) is 51.1 Å². The highest BCUT2D eigenvalue weighted by molar-refractivity contribution is 5.47. The first-order valence-corrected chi connectivity index (χ1v) is 8.69. The molecule has 0 amide bonds. The lowest BCUT2D eigenvalue weighted by molar-refractivity contribution is -0.144. The average molecular weight is 388 g/mol. The second-order valence-electron chi connectivity index (χ2n) is 7.17. The van der Waals surface area contributed by atoms with Crippen molar-refractivity contribution in [2.75, 3.05) is 0 Å². The fourth-order valence-corrected chi connectivity index (χ4v) is 3.60. The van der Waals surface area contributed by atoms with Gasteiger partial charge in [-0.3, -0.25) is 0 Å². The van der Waals surface area contributed by atoms with Crippen molar-refractivity contribution in [3.05, 3.63) is 69.8 Å². The van der Waals surface area contributed by atoms with Gasteiger partial charge in [0.05, 0.1) is 11.1 Å². The minimum atomic E-state index is -4.86. The van der Waals surface area contributed by atoms with Crippen LogP contribution < -0.4 is 0 Å². The largest absolute Gasteiger partial charge is 0.416 e. The molecule has 0 aliphatic carbocycles. The first-order chi connectivity index (χ1) is 12.3. The van der Waals surface area contributed by atoms with Crippen molar-refractivity contribution < 1.29 is 26.3 Å². The summed E-state index contributed by atoms with van der Waals surface area (Å²) < 4.78 is 81.4. The van der Waals surface area contributed by atoms with Crippen molar-refractivity contribution in [3.8, 4) is 0 Å². The van der Waals surface area contributed by atoms with Gasteiger partial charge in [0.15, 0.2) is 0 Å². The highest BCUT2D eigenvalue weighted by Crippen LogP contribution is 2.45. The highest BCUT2D eigenvalue weighted by atomic mass is 19.4. The van der Waals surface area contributed by atoms with Crippen molar-refractivity contribution in [2.45, 2.75) is 58.3 Å². The predicted octanol–water partition coefficient (Wildman–Crippen LogP) is 7.50. The van der Waals surface area contributed by atoms with E-state index in [0.717, 1.165) is 23.3 Å². The summed E-state index contributed by atoms with van der Waals surface area (Å²) in [6.07, 6.45) is -9.68. The summed E-state index contributed by atoms with van der Waals surface area (Å²) in [5, 5.41) is 0. The SMILES string of the molecule is Cc1ccccc1C(C)Cc1ccc(C(F)(F)F)c(C(C)C)c1C(F)(F)F. The zero-order valence-electron chi connectivity index (χ0n) is 15.6. The average Bonchev–Trinajstić information content (AvgIpc) is 2.52. The van der Waals surface area contributed by atoms with Gasteiger partial charge in [-0.05, 0) is 53.5 Å². The summed E-state index contributed by atoms with van der Waals surface area (Å²) in [5.74, 6) is -1.17. The maximum atomic E-state index is 13.8. The summed E-state index contributed by atoms with van der Waals surface area (Å²) >= 11 is 0. The molecule has 0 aromatic heterocycles. The van der Waals surface area contributed by atoms with Crippen LogP contribution in [0.2, 0.25) is 0 Å². The molecule has 0 saturated carbocycles. The Hall–Kier alpha value is -1.98. The molecule has 27 heavy (non-hydrogen) atoms. The normalized spacial score (nSPS) is 13.9. The maximum Gasteiger partial charge on any atom is 0.416 e. The number of hydrogen-bond donors (Lipinski definition) is 0. The number of rotatable bonds is 4. The summed E-state index contributed by atoms with van der Waals surface area (Å²) in [7, 11) is 0. The van der Waals surface area contributed by atoms with Crippen LogP contribution in [0.3, 0.4) is 0 Å². The molecule has 1 unspecified atom stereocenters. The van der Waals surface area contributed by atoms with Gasteiger partial charge in [0.1, 0.15) is 0 Å². The second kappa shape index (κ2) is 7.56. The van der Waals surface area contributed by atoms with Crippen LogP contribution in [0.25, 0.3) is 0 Å². The van der Waals surface area contributed by atoms with Gasteiger partial charge in [0.25, 0.3) is 0 Å². The van der Waals surface area contributed by atoms with Crippen molar-refractivity contribution in [3.63, 3.8) is 0 Å². The molecule has 0 aliphatic rings. The third-order valence-corrected chi connectivity index (χ3v) is 4.74. The topological polar surface area (TPSA) is 0 Å². The van der Waals surface area contributed by atoms with E-state index in [1.807, 2.05) is 25.1 Å². The van der Waals surface area contributed by atoms with Crippen LogP contribution in [0.15, 0.2) is 36.4 Å². The minimum absolute atomic E-state index is 0.0115. The monoisotopic (exact) mass is 388 g/mol. The zero-order chi connectivity index (χ0) is 20.6. The minimum Gasteiger partial charge on any atom is -0.166 e. The Kier molecular flexibility index (Phi) is 5.97. The molecule has 0 spiro atoms. The molecule has 0 aliphatic heterocycles. The molecule has 0 heterocycles. The summed E-state index contributed by atoms with van der Waals surface area (Å²) in [6.45, 7) is 6.36. The van der Waals surface area contributed by atoms with E-state index < -0.39 is 35.0 Å². The van der Waals surface area contributed by atoms with Crippen LogP contribution in [-0.2, 0) is 18.8 Å². The van der Waals surface area contributed by atoms with E-state index >= 15 is 0 Å². The molecule has 0 bridgehead atoms. The Labute approximate surface area is 155 Å². The van der Waals surface area contributed by atoms with E-state index in [1.165, 1.54) is 13.8 Å². The molecule has 0 nitrogen and oxygen atoms in total. The number of alkyl halides is 6. The van der Waals surface area contributed by atoms with Crippen LogP contribution >= 0.6 is 0 Å². The Balaban J connectivity index is 2.63. The quantitative estimate of drug-likeness (QED) is 0.476. The van der Waals surface area contributed by atoms with Crippen LogP contribution in [0.4, 0.5) is 26.3 Å². The molecule has 1 atom stereocenters. The zero-order valence-corrected chi connectivity index (χ0v) is 15.6. The predicted molar refractivity (Wildman–Crippen MR) is 93.8 cm³/mol. The molecule has 2 aromatic rings. The van der Waals surface area contributed by atoms with Crippen LogP contribution in [0.1, 0.15) is 66.0 Å². The summed E-state index contributed by atoms with van der Waals surface area (Å²) in [6, 6.07) is 9.10. The molecule has 0 radical (unpaired) electrons. The molecule has 2 aromatic carbocycles. The number of aryl methyl sites for hydroxylation is 1. The van der Waals surface area contributed by atoms with Crippen molar-refractivity contribution in [1.29, 1.82) is 0 Å². The molecule has 148 valence electrons. The van der Waals surface area contributed by atoms with Gasteiger partial charge in [-0.15, -0.1) is 0 Å². The van der Waals surface area contributed by atoms with Gasteiger partial charge in [-0.25, -0.2) is 0 Å². The smallest absolute Gasteiger partial charge is 0.166 e. The summed E-state index contributed by atoms with van der Waals surface area (Å²) in [5.41, 5.74) is -1.31. The highest BCUT2D eigenvalue weighted by Gasteiger charge is 2.43. The van der Waals surface area contributed by atoms with Gasteiger partial charge >= 0.3 is 12.4 Å². The third-order valence-electron chi connectivity index (χ3n) is 4.74. The Morgan fingerprint density at radius 1 is 0.815 bits per heavy atom. The van der Waals surface area contributed by atoms with Crippen LogP contribution in [0.5, 0.6) is 0 Å². The van der Waals surface area contributed by atoms with Crippen molar-refractivity contribution in [1.82, 2.24) is 0 Å². The maximum absolute atomic E-state index is 13.8. The Bertz CT molecular complexity index is 799. The third kappa shape index (κ3) is 4.66. The standard InChI is InChI=1S/C21H22F6/c1-12(2)18-17(20(22,23)24)10-9-15(19(18)21(25,26)27)11-14(4)16-8-6-5-7-13(16)3/h5-10,12,14H,11H2,1-4H3. The first kappa shape index (κ1) is 21.3. The van der Waals surface area contributed by atoms with Crippen molar-refractivity contribution in [2.24, 2.45) is 0 Å². The Morgan fingerprint density at radius 3 is 1.89 bits per heavy atom. The molecule has 2 rings (SSSR count). The summed E-state index contributed by atoms with van der Waals surface area (Å²) in [4.78, 5) is 0. The van der Waals surface area contributed by atoms with E-state index in [4.69, 9.17) is 0 Å². The lowest BCUT2D eigenvalue weighted by atomic mass is 9.83. The van der Waals surface area contributed by atoms with E-state index in [2.05, 4.69) is 0 Å². The van der Waals surface area contributed by atoms with Gasteiger partial charge in [0, 0.05) is 0 Å². The van der Waals surface area contributed by atoms with Gasteiger partial charge < -0.3 is 0 Å². The lowest BCUT2D eigenvalue weighted by Crippen LogP contribution is -2.20. The number of benzene rings is 2. The first-order valence-electron chi connectivity index (χ1n) is 8.69. The van der Waals surface area contributed by atoms with E-state index in [-0.39, 0.29) is 17.9 Å². The van der Waals surface area contributed by atoms with Crippen LogP contribution in [-0.4, -0.2) is 0 Å². The number of hydrogen-bond acceptors (Lipinski definition) is 0.